The van der Waals surface area contributed by atoms with E-state index < -0.39 is 34.8 Å². The molecule has 0 aliphatic carbocycles. The number of imide groups is 1. The lowest BCUT2D eigenvalue weighted by molar-refractivity contribution is -0.134. The Balaban J connectivity index is 0.783. The second-order valence-corrected chi connectivity index (χ2v) is 17.8. The van der Waals surface area contributed by atoms with Crippen molar-refractivity contribution in [1.82, 2.24) is 19.8 Å². The van der Waals surface area contributed by atoms with Crippen molar-refractivity contribution in [3.05, 3.63) is 97.5 Å². The summed E-state index contributed by atoms with van der Waals surface area (Å²) in [4.78, 5) is 46.1. The maximum Gasteiger partial charge on any atom is 0.281 e. The van der Waals surface area contributed by atoms with Crippen LogP contribution in [0.25, 0.3) is 16.6 Å². The highest BCUT2D eigenvalue weighted by Crippen LogP contribution is 2.45. The van der Waals surface area contributed by atoms with Gasteiger partial charge in [-0.05, 0) is 141 Å². The lowest BCUT2D eigenvalue weighted by Gasteiger charge is -2.47. The van der Waals surface area contributed by atoms with Gasteiger partial charge in [-0.2, -0.15) is 4.98 Å². The largest absolute Gasteiger partial charge is 0.375 e. The van der Waals surface area contributed by atoms with Gasteiger partial charge in [0.15, 0.2) is 0 Å². The molecule has 5 aliphatic heterocycles. The average Bonchev–Trinajstić information content (AvgIpc) is 3.39. The third kappa shape index (κ3) is 6.42. The first-order chi connectivity index (χ1) is 26.4. The normalized spacial score (nSPS) is 23.9. The van der Waals surface area contributed by atoms with Crippen LogP contribution >= 0.6 is 15.9 Å². The number of halogens is 3. The molecule has 1 spiro atoms. The summed E-state index contributed by atoms with van der Waals surface area (Å²) >= 11 is 3.57. The highest BCUT2D eigenvalue weighted by atomic mass is 79.9. The average molecular weight is 815 g/mol. The fourth-order valence-electron chi connectivity index (χ4n) is 10.0. The summed E-state index contributed by atoms with van der Waals surface area (Å²) < 4.78 is 40.0. The number of nitrogens with zero attached hydrogens (tertiary/aromatic N) is 4. The number of benzene rings is 3. The molecule has 0 radical (unpaired) electrons. The third-order valence-electron chi connectivity index (χ3n) is 13.3. The Morgan fingerprint density at radius 3 is 2.36 bits per heavy atom. The van der Waals surface area contributed by atoms with Gasteiger partial charge in [0.25, 0.3) is 5.56 Å². The number of carbonyl (C=O) groups is 2. The first-order valence-electron chi connectivity index (χ1n) is 19.7. The number of fused-ring (bicyclic) bond motifs is 5. The number of anilines is 1. The molecule has 2 amide bonds. The van der Waals surface area contributed by atoms with E-state index in [2.05, 4.69) is 67.7 Å². The third-order valence-corrected chi connectivity index (χ3v) is 13.9. The quantitative estimate of drug-likeness (QED) is 0.213. The zero-order valence-electron chi connectivity index (χ0n) is 31.3. The molecule has 1 aromatic heterocycles. The van der Waals surface area contributed by atoms with Gasteiger partial charge in [-0.15, -0.1) is 0 Å². The molecule has 5 aliphatic rings. The number of amides is 2. The molecule has 9 nitrogen and oxygen atoms in total. The Kier molecular flexibility index (Phi) is 9.24. The van der Waals surface area contributed by atoms with Gasteiger partial charge in [-0.1, -0.05) is 18.2 Å². The van der Waals surface area contributed by atoms with E-state index in [1.807, 2.05) is 23.1 Å². The number of aromatic nitrogens is 2. The maximum atomic E-state index is 15.2. The van der Waals surface area contributed by atoms with Crippen LogP contribution in [0.1, 0.15) is 99.6 Å². The van der Waals surface area contributed by atoms with E-state index >= 15 is 8.78 Å². The second-order valence-electron chi connectivity index (χ2n) is 16.9. The molecule has 1 N–H and O–H groups in total. The van der Waals surface area contributed by atoms with Crippen LogP contribution in [0.2, 0.25) is 0 Å². The molecule has 12 heteroatoms. The van der Waals surface area contributed by atoms with Gasteiger partial charge in [-0.25, -0.2) is 8.78 Å². The van der Waals surface area contributed by atoms with E-state index in [4.69, 9.17) is 4.74 Å². The fraction of sp³-hybridized carbons (Fsp3) is 0.488. The smallest absolute Gasteiger partial charge is 0.281 e. The van der Waals surface area contributed by atoms with Crippen LogP contribution < -0.4 is 15.8 Å². The number of rotatable bonds is 5. The van der Waals surface area contributed by atoms with Crippen molar-refractivity contribution in [2.45, 2.75) is 88.1 Å². The van der Waals surface area contributed by atoms with Crippen LogP contribution in [0.5, 0.6) is 0 Å². The maximum absolute atomic E-state index is 15.2. The minimum Gasteiger partial charge on any atom is -0.375 e. The number of ether oxygens (including phenoxy) is 1. The fourth-order valence-corrected chi connectivity index (χ4v) is 10.5. The molecule has 6 heterocycles. The molecule has 4 saturated heterocycles. The monoisotopic (exact) mass is 813 g/mol. The molecular formula is C43H46BrF2N5O4. The van der Waals surface area contributed by atoms with E-state index in [-0.39, 0.29) is 29.6 Å². The SMILES string of the molecule is CC1(C)c2cc(C3CCN(CC4CCC5(CCN(c6cc(F)c(C7CCC(=O)NC7=O)c(F)c6)CC5)OC4)CC3)ccc2-n2c1nc(=O)c1c(Br)cccc12. The van der Waals surface area contributed by atoms with Crippen molar-refractivity contribution < 1.29 is 23.1 Å². The first kappa shape index (κ1) is 36.6. The Morgan fingerprint density at radius 1 is 0.927 bits per heavy atom. The van der Waals surface area contributed by atoms with Crippen LogP contribution in [0, 0.1) is 17.6 Å². The summed E-state index contributed by atoms with van der Waals surface area (Å²) in [6, 6.07) is 15.4. The topological polar surface area (TPSA) is 96.8 Å². The number of hydrogen-bond donors (Lipinski definition) is 1. The van der Waals surface area contributed by atoms with Crippen molar-refractivity contribution >= 4 is 44.3 Å². The standard InChI is InChI=1S/C43H46BrF2N5O4/c1-42(2)30-20-27(6-8-34(30)51-35-5-3-4-31(44)38(35)40(54)48-41(42)51)26-11-16-49(17-12-26)23-25-10-13-43(55-24-25)14-18-50(19-15-43)28-21-32(45)37(33(46)22-28)29-7-9-36(52)47-39(29)53/h3-6,8,20-22,25-26,29H,7,9-19,23-24H2,1-2H3,(H,47,52,53). The molecule has 4 fully saturated rings. The molecule has 2 atom stereocenters. The summed E-state index contributed by atoms with van der Waals surface area (Å²) in [6.07, 6.45) is 6.05. The van der Waals surface area contributed by atoms with E-state index in [9.17, 15) is 14.4 Å². The summed E-state index contributed by atoms with van der Waals surface area (Å²) in [5.41, 5.74) is 3.98. The molecular weight excluding hydrogens is 768 g/mol. The molecule has 2 unspecified atom stereocenters. The van der Waals surface area contributed by atoms with Gasteiger partial charge in [0, 0.05) is 41.8 Å². The lowest BCUT2D eigenvalue weighted by Crippen LogP contribution is -2.50. The Morgan fingerprint density at radius 2 is 1.67 bits per heavy atom. The van der Waals surface area contributed by atoms with Crippen LogP contribution in [0.4, 0.5) is 14.5 Å². The molecule has 288 valence electrons. The summed E-state index contributed by atoms with van der Waals surface area (Å²) in [6.45, 7) is 9.47. The van der Waals surface area contributed by atoms with Crippen LogP contribution in [0.3, 0.4) is 0 Å². The van der Waals surface area contributed by atoms with Crippen molar-refractivity contribution in [2.75, 3.05) is 44.2 Å². The summed E-state index contributed by atoms with van der Waals surface area (Å²) in [5.74, 6) is -1.80. The van der Waals surface area contributed by atoms with Crippen LogP contribution in [0.15, 0.2) is 57.8 Å². The molecule has 3 aromatic carbocycles. The summed E-state index contributed by atoms with van der Waals surface area (Å²) in [5, 5.41) is 2.81. The zero-order valence-corrected chi connectivity index (χ0v) is 32.9. The van der Waals surface area contributed by atoms with Gasteiger partial charge in [0.05, 0.1) is 40.1 Å². The first-order valence-corrected chi connectivity index (χ1v) is 20.5. The van der Waals surface area contributed by atoms with E-state index in [1.165, 1.54) is 23.3 Å². The molecule has 4 aromatic rings. The molecule has 0 saturated carbocycles. The van der Waals surface area contributed by atoms with E-state index in [1.54, 1.807) is 0 Å². The Hall–Kier alpha value is -4.00. The second kappa shape index (κ2) is 13.9. The van der Waals surface area contributed by atoms with Crippen molar-refractivity contribution in [2.24, 2.45) is 5.92 Å². The zero-order chi connectivity index (χ0) is 38.2. The van der Waals surface area contributed by atoms with Crippen LogP contribution in [-0.4, -0.2) is 71.2 Å². The number of carbonyl (C=O) groups excluding carboxylic acids is 2. The van der Waals surface area contributed by atoms with Crippen molar-refractivity contribution in [3.63, 3.8) is 0 Å². The van der Waals surface area contributed by atoms with Crippen molar-refractivity contribution in [3.8, 4) is 5.69 Å². The molecule has 0 bridgehead atoms. The summed E-state index contributed by atoms with van der Waals surface area (Å²) in [7, 11) is 0. The number of likely N-dealkylation sites (tertiary alicyclic amines) is 1. The van der Waals surface area contributed by atoms with Gasteiger partial charge < -0.3 is 14.5 Å². The van der Waals surface area contributed by atoms with Gasteiger partial charge in [-0.3, -0.25) is 24.3 Å². The molecule has 9 rings (SSSR count). The highest BCUT2D eigenvalue weighted by molar-refractivity contribution is 9.10. The van der Waals surface area contributed by atoms with E-state index in [0.717, 1.165) is 86.3 Å². The Bertz CT molecular complexity index is 2240. The number of piperidine rings is 3. The predicted molar refractivity (Wildman–Crippen MR) is 210 cm³/mol. The van der Waals surface area contributed by atoms with E-state index in [0.29, 0.717) is 36.0 Å². The molecule has 55 heavy (non-hydrogen) atoms. The van der Waals surface area contributed by atoms with Gasteiger partial charge in [0.2, 0.25) is 11.8 Å². The minimum absolute atomic E-state index is 0.0665. The van der Waals surface area contributed by atoms with Gasteiger partial charge >= 0.3 is 0 Å². The lowest BCUT2D eigenvalue weighted by atomic mass is 9.80. The number of nitrogens with one attached hydrogen (secondary N) is 1. The predicted octanol–water partition coefficient (Wildman–Crippen LogP) is 7.23. The van der Waals surface area contributed by atoms with Crippen LogP contribution in [-0.2, 0) is 19.7 Å². The minimum atomic E-state index is -1.000. The number of hydrogen-bond acceptors (Lipinski definition) is 7. The Labute approximate surface area is 327 Å². The van der Waals surface area contributed by atoms with Gasteiger partial charge in [0.1, 0.15) is 17.5 Å². The highest BCUT2D eigenvalue weighted by Gasteiger charge is 2.42. The van der Waals surface area contributed by atoms with Crippen molar-refractivity contribution in [1.29, 1.82) is 0 Å².